The lowest BCUT2D eigenvalue weighted by Gasteiger charge is -2.15. The second-order valence-corrected chi connectivity index (χ2v) is 5.74. The van der Waals surface area contributed by atoms with Gasteiger partial charge in [-0.3, -0.25) is 9.79 Å². The van der Waals surface area contributed by atoms with Gasteiger partial charge >= 0.3 is 0 Å². The molecular weight excluding hydrogens is 431 g/mol. The first kappa shape index (κ1) is 23.6. The van der Waals surface area contributed by atoms with E-state index in [2.05, 4.69) is 34.7 Å². The van der Waals surface area contributed by atoms with Crippen LogP contribution < -0.4 is 10.6 Å². The first-order valence-electron chi connectivity index (χ1n) is 8.35. The number of rotatable bonds is 9. The van der Waals surface area contributed by atoms with Gasteiger partial charge in [-0.25, -0.2) is 0 Å². The van der Waals surface area contributed by atoms with E-state index in [0.29, 0.717) is 25.5 Å². The molecule has 0 aliphatic rings. The summed E-state index contributed by atoms with van der Waals surface area (Å²) in [6.45, 7) is 4.07. The van der Waals surface area contributed by atoms with Crippen molar-refractivity contribution in [1.82, 2.24) is 15.5 Å². The third kappa shape index (κ3) is 10.3. The van der Waals surface area contributed by atoms with Crippen molar-refractivity contribution in [3.05, 3.63) is 35.9 Å². The summed E-state index contributed by atoms with van der Waals surface area (Å²) in [5.41, 5.74) is 1.19. The van der Waals surface area contributed by atoms with Crippen LogP contribution in [0, 0.1) is 0 Å². The van der Waals surface area contributed by atoms with Gasteiger partial charge in [0.15, 0.2) is 5.96 Å². The Morgan fingerprint density at radius 3 is 2.44 bits per heavy atom. The monoisotopic (exact) mass is 462 g/mol. The highest BCUT2D eigenvalue weighted by atomic mass is 127. The molecule has 0 radical (unpaired) electrons. The van der Waals surface area contributed by atoms with Crippen molar-refractivity contribution in [3.8, 4) is 0 Å². The number of amides is 1. The van der Waals surface area contributed by atoms with Crippen molar-refractivity contribution in [2.45, 2.75) is 25.9 Å². The minimum Gasteiger partial charge on any atom is -0.374 e. The number of aliphatic imine (C=N–C) groups is 1. The van der Waals surface area contributed by atoms with Crippen molar-refractivity contribution < 1.29 is 9.53 Å². The average molecular weight is 462 g/mol. The van der Waals surface area contributed by atoms with Gasteiger partial charge in [-0.15, -0.1) is 24.0 Å². The van der Waals surface area contributed by atoms with Gasteiger partial charge in [0, 0.05) is 47.3 Å². The molecule has 1 unspecified atom stereocenters. The normalized spacial score (nSPS) is 12.1. The number of nitrogens with zero attached hydrogens (tertiary/aromatic N) is 2. The van der Waals surface area contributed by atoms with Gasteiger partial charge in [0.1, 0.15) is 0 Å². The Labute approximate surface area is 168 Å². The molecule has 1 amide bonds. The van der Waals surface area contributed by atoms with Crippen molar-refractivity contribution in [2.24, 2.45) is 4.99 Å². The molecule has 25 heavy (non-hydrogen) atoms. The lowest BCUT2D eigenvalue weighted by molar-refractivity contribution is -0.128. The number of halogens is 1. The van der Waals surface area contributed by atoms with E-state index in [1.54, 1.807) is 26.0 Å². The van der Waals surface area contributed by atoms with Crippen molar-refractivity contribution >= 4 is 35.8 Å². The van der Waals surface area contributed by atoms with Gasteiger partial charge in [-0.2, -0.15) is 0 Å². The lowest BCUT2D eigenvalue weighted by atomic mass is 10.1. The number of hydrogen-bond donors (Lipinski definition) is 2. The number of ether oxygens (including phenoxy) is 1. The van der Waals surface area contributed by atoms with Crippen molar-refractivity contribution in [1.29, 1.82) is 0 Å². The Morgan fingerprint density at radius 2 is 1.84 bits per heavy atom. The topological polar surface area (TPSA) is 66.0 Å². The Kier molecular flexibility index (Phi) is 13.1. The molecule has 142 valence electrons. The predicted molar refractivity (Wildman–Crippen MR) is 114 cm³/mol. The van der Waals surface area contributed by atoms with Crippen LogP contribution in [0.1, 0.15) is 31.4 Å². The van der Waals surface area contributed by atoms with E-state index in [1.165, 1.54) is 5.56 Å². The molecule has 0 saturated carbocycles. The summed E-state index contributed by atoms with van der Waals surface area (Å²) in [5.74, 6) is 0.805. The van der Waals surface area contributed by atoms with E-state index < -0.39 is 0 Å². The van der Waals surface area contributed by atoms with Gasteiger partial charge in [-0.1, -0.05) is 30.3 Å². The van der Waals surface area contributed by atoms with Gasteiger partial charge in [0.25, 0.3) is 0 Å². The van der Waals surface area contributed by atoms with Crippen LogP contribution in [0.15, 0.2) is 35.3 Å². The van der Waals surface area contributed by atoms with Crippen molar-refractivity contribution in [2.75, 3.05) is 40.8 Å². The molecule has 0 aliphatic heterocycles. The van der Waals surface area contributed by atoms with E-state index in [1.807, 2.05) is 18.2 Å². The van der Waals surface area contributed by atoms with E-state index in [9.17, 15) is 4.79 Å². The lowest BCUT2D eigenvalue weighted by Crippen LogP contribution is -2.39. The molecule has 2 N–H and O–H groups in total. The van der Waals surface area contributed by atoms with Gasteiger partial charge in [-0.05, 0) is 18.9 Å². The molecule has 0 spiro atoms. The minimum atomic E-state index is 0. The molecule has 0 fully saturated rings. The van der Waals surface area contributed by atoms with Crippen molar-refractivity contribution in [3.63, 3.8) is 0 Å². The molecule has 0 aliphatic carbocycles. The highest BCUT2D eigenvalue weighted by Gasteiger charge is 2.05. The summed E-state index contributed by atoms with van der Waals surface area (Å²) >= 11 is 0. The summed E-state index contributed by atoms with van der Waals surface area (Å²) in [4.78, 5) is 17.2. The Hall–Kier alpha value is -1.35. The maximum absolute atomic E-state index is 11.5. The first-order valence-corrected chi connectivity index (χ1v) is 8.35. The van der Waals surface area contributed by atoms with Gasteiger partial charge in [0.2, 0.25) is 5.91 Å². The molecule has 0 aromatic heterocycles. The van der Waals surface area contributed by atoms with E-state index in [4.69, 9.17) is 4.74 Å². The minimum absolute atomic E-state index is 0. The molecule has 1 aromatic carbocycles. The largest absolute Gasteiger partial charge is 0.374 e. The first-order chi connectivity index (χ1) is 11.5. The molecule has 1 atom stereocenters. The zero-order valence-electron chi connectivity index (χ0n) is 15.6. The number of carbonyl (C=O) groups is 1. The van der Waals surface area contributed by atoms with Crippen LogP contribution in [0.5, 0.6) is 0 Å². The highest BCUT2D eigenvalue weighted by Crippen LogP contribution is 2.15. The van der Waals surface area contributed by atoms with Gasteiger partial charge in [0.05, 0.1) is 6.10 Å². The van der Waals surface area contributed by atoms with E-state index in [-0.39, 0.29) is 36.0 Å². The second kappa shape index (κ2) is 13.9. The molecule has 0 heterocycles. The zero-order valence-corrected chi connectivity index (χ0v) is 17.9. The van der Waals surface area contributed by atoms with Crippen LogP contribution >= 0.6 is 24.0 Å². The van der Waals surface area contributed by atoms with Crippen LogP contribution in [0.3, 0.4) is 0 Å². The van der Waals surface area contributed by atoms with Crippen LogP contribution in [0.4, 0.5) is 0 Å². The molecule has 0 bridgehead atoms. The summed E-state index contributed by atoms with van der Waals surface area (Å²) in [7, 11) is 5.23. The summed E-state index contributed by atoms with van der Waals surface area (Å²) in [6, 6.07) is 10.2. The zero-order chi connectivity index (χ0) is 17.8. The van der Waals surface area contributed by atoms with Crippen LogP contribution in [-0.4, -0.2) is 57.6 Å². The number of guanidine groups is 1. The summed E-state index contributed by atoms with van der Waals surface area (Å²) in [6.07, 6.45) is 1.43. The molecule has 1 rings (SSSR count). The standard InChI is InChI=1S/C18H30N4O2.HI/c1-15(16-9-6-5-7-10-16)24-14-8-12-20-18(19-2)21-13-11-17(23)22(3)4;/h5-7,9-10,15H,8,11-14H2,1-4H3,(H2,19,20,21);1H. The Bertz CT molecular complexity index is 509. The van der Waals surface area contributed by atoms with Gasteiger partial charge < -0.3 is 20.3 Å². The number of hydrogen-bond acceptors (Lipinski definition) is 3. The quantitative estimate of drug-likeness (QED) is 0.256. The summed E-state index contributed by atoms with van der Waals surface area (Å²) < 4.78 is 5.83. The molecule has 7 heteroatoms. The van der Waals surface area contributed by atoms with Crippen LogP contribution in [0.25, 0.3) is 0 Å². The fraction of sp³-hybridized carbons (Fsp3) is 0.556. The number of carbonyl (C=O) groups excluding carboxylic acids is 1. The summed E-state index contributed by atoms with van der Waals surface area (Å²) in [5, 5.41) is 6.35. The highest BCUT2D eigenvalue weighted by molar-refractivity contribution is 14.0. The smallest absolute Gasteiger partial charge is 0.223 e. The average Bonchev–Trinajstić information content (AvgIpc) is 2.60. The third-order valence-electron chi connectivity index (χ3n) is 3.60. The maximum atomic E-state index is 11.5. The molecule has 6 nitrogen and oxygen atoms in total. The van der Waals surface area contributed by atoms with E-state index >= 15 is 0 Å². The maximum Gasteiger partial charge on any atom is 0.223 e. The fourth-order valence-electron chi connectivity index (χ4n) is 2.09. The van der Waals surface area contributed by atoms with E-state index in [0.717, 1.165) is 13.0 Å². The Morgan fingerprint density at radius 1 is 1.20 bits per heavy atom. The molecule has 1 aromatic rings. The second-order valence-electron chi connectivity index (χ2n) is 5.74. The number of benzene rings is 1. The molecular formula is C18H31IN4O2. The molecule has 0 saturated heterocycles. The predicted octanol–water partition coefficient (Wildman–Crippen LogP) is 2.42. The number of nitrogens with one attached hydrogen (secondary N) is 2. The Balaban J connectivity index is 0.00000576. The van der Waals surface area contributed by atoms with Crippen LogP contribution in [0.2, 0.25) is 0 Å². The SMILES string of the molecule is CN=C(NCCCOC(C)c1ccccc1)NCCC(=O)N(C)C.I. The van der Waals surface area contributed by atoms with Crippen LogP contribution in [-0.2, 0) is 9.53 Å². The third-order valence-corrected chi connectivity index (χ3v) is 3.60. The fourth-order valence-corrected chi connectivity index (χ4v) is 2.09.